The minimum atomic E-state index is -0.446. The minimum absolute atomic E-state index is 0.0423. The number of pyridine rings is 1. The number of ether oxygens (including phenoxy) is 1. The van der Waals surface area contributed by atoms with Crippen molar-refractivity contribution in [3.05, 3.63) is 63.1 Å². The molecule has 0 atom stereocenters. The Bertz CT molecular complexity index is 1060. The molecule has 26 heavy (non-hydrogen) atoms. The Labute approximate surface area is 152 Å². The third-order valence-electron chi connectivity index (χ3n) is 4.75. The van der Waals surface area contributed by atoms with Gasteiger partial charge in [0, 0.05) is 23.4 Å². The van der Waals surface area contributed by atoms with Gasteiger partial charge in [0.2, 0.25) is 0 Å². The maximum atomic E-state index is 13.9. The van der Waals surface area contributed by atoms with Crippen LogP contribution in [0.1, 0.15) is 37.5 Å². The predicted molar refractivity (Wildman–Crippen MR) is 105 cm³/mol. The lowest BCUT2D eigenvalue weighted by Gasteiger charge is -2.23. The fourth-order valence-corrected chi connectivity index (χ4v) is 3.54. The molecule has 1 N–H and O–H groups in total. The molecule has 3 nitrogen and oxygen atoms in total. The van der Waals surface area contributed by atoms with Crippen LogP contribution in [0.4, 0.5) is 4.39 Å². The Morgan fingerprint density at radius 2 is 1.69 bits per heavy atom. The number of aryl methyl sites for hydroxylation is 2. The number of halogens is 1. The molecule has 4 heteroatoms. The topological polar surface area (TPSA) is 42.1 Å². The first kappa shape index (κ1) is 18.2. The van der Waals surface area contributed by atoms with E-state index in [4.69, 9.17) is 4.74 Å². The maximum Gasteiger partial charge on any atom is 0.193 e. The van der Waals surface area contributed by atoms with E-state index < -0.39 is 5.82 Å². The second kappa shape index (κ2) is 6.27. The van der Waals surface area contributed by atoms with E-state index in [1.54, 1.807) is 6.07 Å². The molecule has 0 aliphatic rings. The van der Waals surface area contributed by atoms with E-state index in [-0.39, 0.29) is 16.6 Å². The number of fused-ring (bicyclic) bond motifs is 1. The van der Waals surface area contributed by atoms with Crippen molar-refractivity contribution < 1.29 is 9.13 Å². The zero-order valence-corrected chi connectivity index (χ0v) is 16.1. The molecule has 3 aromatic rings. The van der Waals surface area contributed by atoms with Crippen LogP contribution < -0.4 is 10.2 Å². The molecule has 1 heterocycles. The number of rotatable bonds is 2. The molecule has 0 fully saturated rings. The lowest BCUT2D eigenvalue weighted by atomic mass is 9.82. The van der Waals surface area contributed by atoms with Crippen molar-refractivity contribution in [2.75, 3.05) is 7.11 Å². The standard InChI is InChI=1S/C22H24FNO2/c1-12-8-16(22(3,4)5)13(2)7-15(12)17-11-19(25)21-18(24-17)9-14(23)10-20(21)26-6/h7-11H,1-6H3,(H,24,25). The van der Waals surface area contributed by atoms with Crippen molar-refractivity contribution >= 4 is 10.9 Å². The molecule has 0 saturated heterocycles. The van der Waals surface area contributed by atoms with E-state index in [9.17, 15) is 9.18 Å². The highest BCUT2D eigenvalue weighted by atomic mass is 19.1. The normalized spacial score (nSPS) is 11.8. The third kappa shape index (κ3) is 3.12. The van der Waals surface area contributed by atoms with Crippen LogP contribution in [0.5, 0.6) is 5.75 Å². The van der Waals surface area contributed by atoms with Crippen LogP contribution in [0.2, 0.25) is 0 Å². The number of H-pyrrole nitrogens is 1. The van der Waals surface area contributed by atoms with Gasteiger partial charge in [0.15, 0.2) is 5.43 Å². The summed E-state index contributed by atoms with van der Waals surface area (Å²) in [5.74, 6) is -0.207. The molecule has 2 aromatic carbocycles. The summed E-state index contributed by atoms with van der Waals surface area (Å²) in [4.78, 5) is 15.9. The Morgan fingerprint density at radius 1 is 1.00 bits per heavy atom. The summed E-state index contributed by atoms with van der Waals surface area (Å²) < 4.78 is 19.0. The van der Waals surface area contributed by atoms with Crippen LogP contribution in [0.3, 0.4) is 0 Å². The number of hydrogen-bond donors (Lipinski definition) is 1. The number of methoxy groups -OCH3 is 1. The first-order valence-corrected chi connectivity index (χ1v) is 8.64. The van der Waals surface area contributed by atoms with Crippen LogP contribution >= 0.6 is 0 Å². The average Bonchev–Trinajstić information content (AvgIpc) is 2.54. The second-order valence-corrected chi connectivity index (χ2v) is 7.81. The summed E-state index contributed by atoms with van der Waals surface area (Å²) in [6.07, 6.45) is 0. The molecule has 0 aliphatic heterocycles. The van der Waals surface area contributed by atoms with Gasteiger partial charge in [-0.2, -0.15) is 0 Å². The third-order valence-corrected chi connectivity index (χ3v) is 4.75. The molecule has 136 valence electrons. The molecule has 0 saturated carbocycles. The summed E-state index contributed by atoms with van der Waals surface area (Å²) in [5.41, 5.74) is 5.41. The van der Waals surface area contributed by atoms with Crippen molar-refractivity contribution in [1.29, 1.82) is 0 Å². The molecule has 0 aliphatic carbocycles. The van der Waals surface area contributed by atoms with Gasteiger partial charge in [-0.3, -0.25) is 4.79 Å². The van der Waals surface area contributed by atoms with E-state index in [2.05, 4.69) is 44.8 Å². The van der Waals surface area contributed by atoms with E-state index >= 15 is 0 Å². The Kier molecular flexibility index (Phi) is 4.39. The van der Waals surface area contributed by atoms with Crippen LogP contribution in [0, 0.1) is 19.7 Å². The van der Waals surface area contributed by atoms with Gasteiger partial charge in [-0.05, 0) is 48.1 Å². The zero-order valence-electron chi connectivity index (χ0n) is 16.1. The molecule has 0 amide bonds. The number of hydrogen-bond acceptors (Lipinski definition) is 2. The summed E-state index contributed by atoms with van der Waals surface area (Å²) in [6, 6.07) is 8.36. The van der Waals surface area contributed by atoms with Crippen molar-refractivity contribution in [2.24, 2.45) is 0 Å². The summed E-state index contributed by atoms with van der Waals surface area (Å²) >= 11 is 0. The quantitative estimate of drug-likeness (QED) is 0.683. The molecule has 0 unspecified atom stereocenters. The van der Waals surface area contributed by atoms with Crippen molar-refractivity contribution in [2.45, 2.75) is 40.0 Å². The molecular formula is C22H24FNO2. The van der Waals surface area contributed by atoms with Gasteiger partial charge < -0.3 is 9.72 Å². The van der Waals surface area contributed by atoms with Gasteiger partial charge in [0.25, 0.3) is 0 Å². The molecule has 0 radical (unpaired) electrons. The molecule has 3 rings (SSSR count). The number of benzene rings is 2. The highest BCUT2D eigenvalue weighted by Gasteiger charge is 2.19. The maximum absolute atomic E-state index is 13.9. The van der Waals surface area contributed by atoms with Crippen LogP contribution in [-0.2, 0) is 5.41 Å². The molecule has 1 aromatic heterocycles. The van der Waals surface area contributed by atoms with Gasteiger partial charge in [-0.15, -0.1) is 0 Å². The fraction of sp³-hybridized carbons (Fsp3) is 0.318. The van der Waals surface area contributed by atoms with E-state index in [0.29, 0.717) is 16.6 Å². The predicted octanol–water partition coefficient (Wildman–Crippen LogP) is 5.26. The lowest BCUT2D eigenvalue weighted by molar-refractivity contribution is 0.416. The van der Waals surface area contributed by atoms with E-state index in [0.717, 1.165) is 16.7 Å². The van der Waals surface area contributed by atoms with Gasteiger partial charge in [0.1, 0.15) is 11.6 Å². The first-order chi connectivity index (χ1) is 12.1. The van der Waals surface area contributed by atoms with Gasteiger partial charge in [0.05, 0.1) is 18.0 Å². The number of aromatic amines is 1. The fourth-order valence-electron chi connectivity index (χ4n) is 3.54. The van der Waals surface area contributed by atoms with E-state index in [1.807, 2.05) is 6.92 Å². The largest absolute Gasteiger partial charge is 0.496 e. The Hall–Kier alpha value is -2.62. The summed E-state index contributed by atoms with van der Waals surface area (Å²) in [7, 11) is 1.43. The molecule has 0 bridgehead atoms. The zero-order chi connectivity index (χ0) is 19.2. The van der Waals surface area contributed by atoms with E-state index in [1.165, 1.54) is 24.8 Å². The van der Waals surface area contributed by atoms with Crippen molar-refractivity contribution in [3.63, 3.8) is 0 Å². The minimum Gasteiger partial charge on any atom is -0.496 e. The SMILES string of the molecule is COc1cc(F)cc2[nH]c(-c3cc(C)c(C(C)(C)C)cc3C)cc(=O)c12. The first-order valence-electron chi connectivity index (χ1n) is 8.64. The Balaban J connectivity index is 2.27. The smallest absolute Gasteiger partial charge is 0.193 e. The summed E-state index contributed by atoms with van der Waals surface area (Å²) in [5, 5.41) is 0.360. The molecule has 0 spiro atoms. The summed E-state index contributed by atoms with van der Waals surface area (Å²) in [6.45, 7) is 10.6. The molecular weight excluding hydrogens is 329 g/mol. The second-order valence-electron chi connectivity index (χ2n) is 7.81. The van der Waals surface area contributed by atoms with Crippen LogP contribution in [0.25, 0.3) is 22.2 Å². The van der Waals surface area contributed by atoms with Gasteiger partial charge >= 0.3 is 0 Å². The van der Waals surface area contributed by atoms with Crippen LogP contribution in [-0.4, -0.2) is 12.1 Å². The van der Waals surface area contributed by atoms with Gasteiger partial charge in [-0.1, -0.05) is 26.8 Å². The van der Waals surface area contributed by atoms with Crippen molar-refractivity contribution in [1.82, 2.24) is 4.98 Å². The monoisotopic (exact) mass is 353 g/mol. The highest BCUT2D eigenvalue weighted by molar-refractivity contribution is 5.87. The average molecular weight is 353 g/mol. The Morgan fingerprint density at radius 3 is 2.31 bits per heavy atom. The highest BCUT2D eigenvalue weighted by Crippen LogP contribution is 2.32. The van der Waals surface area contributed by atoms with Crippen LogP contribution in [0.15, 0.2) is 35.1 Å². The number of nitrogens with one attached hydrogen (secondary N) is 1. The lowest BCUT2D eigenvalue weighted by Crippen LogP contribution is -2.14. The number of aromatic nitrogens is 1. The van der Waals surface area contributed by atoms with Crippen molar-refractivity contribution in [3.8, 4) is 17.0 Å². The van der Waals surface area contributed by atoms with Gasteiger partial charge in [-0.25, -0.2) is 4.39 Å².